The molecular weight excluding hydrogens is 210 g/mol. The molecule has 0 fully saturated rings. The third-order valence-electron chi connectivity index (χ3n) is 1.94. The first-order valence-corrected chi connectivity index (χ1v) is 6.00. The first-order chi connectivity index (χ1) is 6.99. The monoisotopic (exact) mass is 227 g/mol. The van der Waals surface area contributed by atoms with Gasteiger partial charge in [-0.1, -0.05) is 13.8 Å². The first-order valence-electron chi connectivity index (χ1n) is 5.12. The van der Waals surface area contributed by atoms with Gasteiger partial charge < -0.3 is 4.74 Å². The van der Waals surface area contributed by atoms with E-state index >= 15 is 0 Å². The topological polar surface area (TPSA) is 39.2 Å². The summed E-state index contributed by atoms with van der Waals surface area (Å²) in [6.07, 6.45) is 0.842. The highest BCUT2D eigenvalue weighted by atomic mass is 32.1. The number of carbonyl (C=O) groups excluding carboxylic acids is 1. The molecule has 1 heterocycles. The number of hydrogen-bond acceptors (Lipinski definition) is 4. The van der Waals surface area contributed by atoms with Crippen molar-refractivity contribution in [2.24, 2.45) is 5.92 Å². The van der Waals surface area contributed by atoms with Crippen LogP contribution < -0.4 is 0 Å². The van der Waals surface area contributed by atoms with Crippen molar-refractivity contribution in [1.82, 2.24) is 4.98 Å². The molecule has 0 saturated heterocycles. The summed E-state index contributed by atoms with van der Waals surface area (Å²) in [7, 11) is 0. The van der Waals surface area contributed by atoms with Crippen molar-refractivity contribution in [1.29, 1.82) is 0 Å². The molecule has 0 N–H and O–H groups in total. The van der Waals surface area contributed by atoms with E-state index < -0.39 is 0 Å². The van der Waals surface area contributed by atoms with Crippen molar-refractivity contribution in [2.45, 2.75) is 40.2 Å². The summed E-state index contributed by atoms with van der Waals surface area (Å²) in [5.41, 5.74) is 0.424. The first kappa shape index (κ1) is 12.2. The third-order valence-corrected chi connectivity index (χ3v) is 2.71. The van der Waals surface area contributed by atoms with Crippen LogP contribution in [-0.4, -0.2) is 17.1 Å². The molecule has 0 aliphatic heterocycles. The molecule has 1 aromatic heterocycles. The maximum Gasteiger partial charge on any atom is 0.358 e. The lowest BCUT2D eigenvalue weighted by atomic mass is 10.1. The maximum absolute atomic E-state index is 11.6. The van der Waals surface area contributed by atoms with Crippen LogP contribution in [0.2, 0.25) is 0 Å². The molecular formula is C11H17NO2S. The van der Waals surface area contributed by atoms with Gasteiger partial charge in [-0.05, 0) is 26.2 Å². The summed E-state index contributed by atoms with van der Waals surface area (Å²) in [6.45, 7) is 8.00. The van der Waals surface area contributed by atoms with Gasteiger partial charge in [-0.25, -0.2) is 9.78 Å². The Balaban J connectivity index is 2.49. The molecule has 0 saturated carbocycles. The summed E-state index contributed by atoms with van der Waals surface area (Å²) < 4.78 is 5.27. The van der Waals surface area contributed by atoms with E-state index in [1.165, 1.54) is 11.3 Å². The van der Waals surface area contributed by atoms with E-state index in [1.54, 1.807) is 5.38 Å². The van der Waals surface area contributed by atoms with Crippen LogP contribution in [0, 0.1) is 12.8 Å². The summed E-state index contributed by atoms with van der Waals surface area (Å²) in [4.78, 5) is 15.7. The van der Waals surface area contributed by atoms with Gasteiger partial charge in [-0.2, -0.15) is 0 Å². The van der Waals surface area contributed by atoms with E-state index in [0.29, 0.717) is 11.6 Å². The second-order valence-corrected chi connectivity index (χ2v) is 5.16. The van der Waals surface area contributed by atoms with Crippen molar-refractivity contribution in [3.05, 3.63) is 16.1 Å². The Morgan fingerprint density at radius 1 is 1.53 bits per heavy atom. The quantitative estimate of drug-likeness (QED) is 0.742. The van der Waals surface area contributed by atoms with Gasteiger partial charge in [0.05, 0.1) is 11.1 Å². The second-order valence-electron chi connectivity index (χ2n) is 4.10. The van der Waals surface area contributed by atoms with E-state index in [0.717, 1.165) is 11.4 Å². The second kappa shape index (κ2) is 5.26. The largest absolute Gasteiger partial charge is 0.458 e. The van der Waals surface area contributed by atoms with Crippen molar-refractivity contribution >= 4 is 17.3 Å². The Hall–Kier alpha value is -0.900. The van der Waals surface area contributed by atoms with Crippen molar-refractivity contribution in [3.8, 4) is 0 Å². The standard InChI is InChI=1S/C11H17NO2S/c1-7(2)5-8(3)14-11(13)10-6-15-9(4)12-10/h6-8H,5H2,1-4H3. The minimum Gasteiger partial charge on any atom is -0.458 e. The number of ether oxygens (including phenoxy) is 1. The van der Waals surface area contributed by atoms with E-state index in [9.17, 15) is 4.79 Å². The number of thiazole rings is 1. The molecule has 1 unspecified atom stereocenters. The Labute approximate surface area is 94.5 Å². The molecule has 3 nitrogen and oxygen atoms in total. The molecule has 15 heavy (non-hydrogen) atoms. The van der Waals surface area contributed by atoms with Crippen LogP contribution in [0.3, 0.4) is 0 Å². The van der Waals surface area contributed by atoms with Gasteiger partial charge in [0.25, 0.3) is 0 Å². The molecule has 1 atom stereocenters. The smallest absolute Gasteiger partial charge is 0.358 e. The van der Waals surface area contributed by atoms with E-state index in [2.05, 4.69) is 18.8 Å². The molecule has 4 heteroatoms. The fourth-order valence-electron chi connectivity index (χ4n) is 1.41. The minimum absolute atomic E-state index is 0.0421. The van der Waals surface area contributed by atoms with Gasteiger partial charge in [-0.15, -0.1) is 11.3 Å². The molecule has 0 aliphatic carbocycles. The third kappa shape index (κ3) is 4.00. The molecule has 0 aliphatic rings. The molecule has 0 bridgehead atoms. The fourth-order valence-corrected chi connectivity index (χ4v) is 1.99. The maximum atomic E-state index is 11.6. The molecule has 0 spiro atoms. The number of aryl methyl sites for hydroxylation is 1. The normalized spacial score (nSPS) is 12.9. The van der Waals surface area contributed by atoms with Crippen LogP contribution in [0.15, 0.2) is 5.38 Å². The summed E-state index contributed by atoms with van der Waals surface area (Å²) in [6, 6.07) is 0. The predicted octanol–water partition coefficient (Wildman–Crippen LogP) is 3.04. The predicted molar refractivity (Wildman–Crippen MR) is 61.2 cm³/mol. The van der Waals surface area contributed by atoms with Crippen molar-refractivity contribution in [3.63, 3.8) is 0 Å². The Kier molecular flexibility index (Phi) is 4.27. The highest BCUT2D eigenvalue weighted by Crippen LogP contribution is 2.13. The zero-order chi connectivity index (χ0) is 11.4. The van der Waals surface area contributed by atoms with Crippen LogP contribution in [0.5, 0.6) is 0 Å². The van der Waals surface area contributed by atoms with Crippen LogP contribution in [0.4, 0.5) is 0 Å². The molecule has 1 aromatic rings. The van der Waals surface area contributed by atoms with Crippen LogP contribution in [0.25, 0.3) is 0 Å². The van der Waals surface area contributed by atoms with Gasteiger partial charge >= 0.3 is 5.97 Å². The average Bonchev–Trinajstić information content (AvgIpc) is 2.49. The van der Waals surface area contributed by atoms with Gasteiger partial charge in [0.15, 0.2) is 5.69 Å². The minimum atomic E-state index is -0.312. The zero-order valence-corrected chi connectivity index (χ0v) is 10.4. The average molecular weight is 227 g/mol. The molecule has 0 radical (unpaired) electrons. The van der Waals surface area contributed by atoms with Crippen LogP contribution >= 0.6 is 11.3 Å². The number of rotatable bonds is 4. The Morgan fingerprint density at radius 3 is 2.67 bits per heavy atom. The van der Waals surface area contributed by atoms with Crippen molar-refractivity contribution in [2.75, 3.05) is 0 Å². The highest BCUT2D eigenvalue weighted by molar-refractivity contribution is 7.09. The summed E-state index contributed by atoms with van der Waals surface area (Å²) in [5, 5.41) is 2.62. The van der Waals surface area contributed by atoms with Gasteiger partial charge in [0.2, 0.25) is 0 Å². The lowest BCUT2D eigenvalue weighted by molar-refractivity contribution is 0.0293. The zero-order valence-electron chi connectivity index (χ0n) is 9.61. The number of nitrogens with zero attached hydrogens (tertiary/aromatic N) is 1. The lowest BCUT2D eigenvalue weighted by Gasteiger charge is -2.14. The van der Waals surface area contributed by atoms with Gasteiger partial charge in [0.1, 0.15) is 0 Å². The summed E-state index contributed by atoms with van der Waals surface area (Å²) in [5.74, 6) is 0.220. The van der Waals surface area contributed by atoms with Crippen LogP contribution in [0.1, 0.15) is 42.7 Å². The molecule has 0 amide bonds. The molecule has 1 rings (SSSR count). The van der Waals surface area contributed by atoms with E-state index in [4.69, 9.17) is 4.74 Å². The van der Waals surface area contributed by atoms with E-state index in [1.807, 2.05) is 13.8 Å². The van der Waals surface area contributed by atoms with Gasteiger partial charge in [-0.3, -0.25) is 0 Å². The Morgan fingerprint density at radius 2 is 2.20 bits per heavy atom. The SMILES string of the molecule is Cc1nc(C(=O)OC(C)CC(C)C)cs1. The fraction of sp³-hybridized carbons (Fsp3) is 0.636. The number of hydrogen-bond donors (Lipinski definition) is 0. The van der Waals surface area contributed by atoms with E-state index in [-0.39, 0.29) is 12.1 Å². The van der Waals surface area contributed by atoms with Crippen molar-refractivity contribution < 1.29 is 9.53 Å². The number of aromatic nitrogens is 1. The Bertz CT molecular complexity index is 333. The number of carbonyl (C=O) groups is 1. The highest BCUT2D eigenvalue weighted by Gasteiger charge is 2.15. The lowest BCUT2D eigenvalue weighted by Crippen LogP contribution is -2.17. The summed E-state index contributed by atoms with van der Waals surface area (Å²) >= 11 is 1.46. The van der Waals surface area contributed by atoms with Gasteiger partial charge in [0, 0.05) is 5.38 Å². The number of esters is 1. The molecule has 0 aromatic carbocycles. The van der Waals surface area contributed by atoms with Crippen LogP contribution in [-0.2, 0) is 4.74 Å². The molecule has 84 valence electrons.